The molecule has 1 saturated heterocycles. The largest absolute Gasteiger partial charge is 0.468 e. The van der Waals surface area contributed by atoms with Gasteiger partial charge in [0.15, 0.2) is 0 Å². The van der Waals surface area contributed by atoms with Crippen LogP contribution >= 0.6 is 0 Å². The van der Waals surface area contributed by atoms with Gasteiger partial charge in [0.1, 0.15) is 11.6 Å². The molecule has 0 spiro atoms. The summed E-state index contributed by atoms with van der Waals surface area (Å²) in [6.07, 6.45) is 0.984. The number of morpholine rings is 1. The van der Waals surface area contributed by atoms with Crippen molar-refractivity contribution in [1.82, 2.24) is 4.90 Å². The van der Waals surface area contributed by atoms with E-state index >= 15 is 0 Å². The van der Waals surface area contributed by atoms with Crippen LogP contribution in [0.2, 0.25) is 0 Å². The molecule has 1 saturated carbocycles. The van der Waals surface area contributed by atoms with E-state index in [1.54, 1.807) is 4.90 Å². The third-order valence-corrected chi connectivity index (χ3v) is 4.26. The molecule has 2 N–H and O–H groups in total. The number of hydrogen-bond donors (Lipinski definition) is 1. The first-order valence-corrected chi connectivity index (χ1v) is 7.62. The maximum absolute atomic E-state index is 12.2. The van der Waals surface area contributed by atoms with Crippen molar-refractivity contribution in [2.45, 2.75) is 51.4 Å². The van der Waals surface area contributed by atoms with E-state index in [2.05, 4.69) is 0 Å². The zero-order valence-electron chi connectivity index (χ0n) is 13.8. The van der Waals surface area contributed by atoms with E-state index in [4.69, 9.17) is 19.9 Å². The summed E-state index contributed by atoms with van der Waals surface area (Å²) in [5, 5.41) is 0. The first kappa shape index (κ1) is 17.0. The highest BCUT2D eigenvalue weighted by molar-refractivity contribution is 5.77. The molecule has 0 aromatic heterocycles. The minimum absolute atomic E-state index is 0.261. The van der Waals surface area contributed by atoms with E-state index < -0.39 is 23.0 Å². The van der Waals surface area contributed by atoms with Crippen molar-refractivity contribution in [3.63, 3.8) is 0 Å². The molecule has 126 valence electrons. The third kappa shape index (κ3) is 3.52. The summed E-state index contributed by atoms with van der Waals surface area (Å²) in [5.74, 6) is -0.435. The van der Waals surface area contributed by atoms with Gasteiger partial charge in [-0.1, -0.05) is 0 Å². The number of methoxy groups -OCH3 is 1. The monoisotopic (exact) mass is 314 g/mol. The van der Waals surface area contributed by atoms with E-state index in [9.17, 15) is 9.59 Å². The van der Waals surface area contributed by atoms with E-state index in [1.165, 1.54) is 7.11 Å². The van der Waals surface area contributed by atoms with Crippen LogP contribution in [0, 0.1) is 5.41 Å². The van der Waals surface area contributed by atoms with Crippen molar-refractivity contribution < 1.29 is 23.8 Å². The molecule has 1 aliphatic carbocycles. The van der Waals surface area contributed by atoms with Crippen LogP contribution in [0.25, 0.3) is 0 Å². The van der Waals surface area contributed by atoms with E-state index in [0.29, 0.717) is 19.7 Å². The predicted molar refractivity (Wildman–Crippen MR) is 79.2 cm³/mol. The van der Waals surface area contributed by atoms with Gasteiger partial charge in [0.05, 0.1) is 26.4 Å². The van der Waals surface area contributed by atoms with Crippen molar-refractivity contribution in [2.75, 3.05) is 26.8 Å². The fourth-order valence-corrected chi connectivity index (χ4v) is 2.83. The van der Waals surface area contributed by atoms with Gasteiger partial charge in [-0.15, -0.1) is 0 Å². The van der Waals surface area contributed by atoms with Crippen molar-refractivity contribution in [2.24, 2.45) is 11.1 Å². The van der Waals surface area contributed by atoms with Gasteiger partial charge < -0.3 is 24.8 Å². The van der Waals surface area contributed by atoms with Crippen LogP contribution in [0.5, 0.6) is 0 Å². The molecule has 2 unspecified atom stereocenters. The second kappa shape index (κ2) is 6.04. The van der Waals surface area contributed by atoms with Crippen molar-refractivity contribution >= 4 is 12.1 Å². The van der Waals surface area contributed by atoms with Crippen LogP contribution in [0.1, 0.15) is 33.6 Å². The number of carbonyl (C=O) groups excluding carboxylic acids is 2. The highest BCUT2D eigenvalue weighted by Gasteiger charge is 2.58. The first-order valence-electron chi connectivity index (χ1n) is 7.62. The average molecular weight is 314 g/mol. The van der Waals surface area contributed by atoms with Gasteiger partial charge in [-0.3, -0.25) is 4.79 Å². The van der Waals surface area contributed by atoms with Crippen LogP contribution in [-0.4, -0.2) is 61.5 Å². The predicted octanol–water partition coefficient (Wildman–Crippen LogP) is 0.903. The molecule has 1 aliphatic heterocycles. The van der Waals surface area contributed by atoms with Crippen LogP contribution in [0.4, 0.5) is 4.79 Å². The standard InChI is InChI=1S/C15H26N2O5/c1-14(2,3)22-13(19)17-7-8-21-10(9-17)15(5-6-15)11(16)12(18)20-4/h10-11H,5-9,16H2,1-4H3. The molecular formula is C15H26N2O5. The van der Waals surface area contributed by atoms with Crippen molar-refractivity contribution in [1.29, 1.82) is 0 Å². The van der Waals surface area contributed by atoms with Gasteiger partial charge in [-0.2, -0.15) is 0 Å². The Morgan fingerprint density at radius 2 is 2.00 bits per heavy atom. The zero-order valence-corrected chi connectivity index (χ0v) is 13.8. The highest BCUT2D eigenvalue weighted by atomic mass is 16.6. The Morgan fingerprint density at radius 1 is 1.36 bits per heavy atom. The lowest BCUT2D eigenvalue weighted by molar-refractivity contribution is -0.147. The van der Waals surface area contributed by atoms with E-state index in [1.807, 2.05) is 20.8 Å². The molecular weight excluding hydrogens is 288 g/mol. The molecule has 0 aromatic rings. The molecule has 1 heterocycles. The average Bonchev–Trinajstić information content (AvgIpc) is 3.25. The molecule has 1 amide bonds. The van der Waals surface area contributed by atoms with Crippen molar-refractivity contribution in [3.05, 3.63) is 0 Å². The Labute approximate surface area is 131 Å². The van der Waals surface area contributed by atoms with Gasteiger partial charge in [0.25, 0.3) is 0 Å². The molecule has 0 bridgehead atoms. The van der Waals surface area contributed by atoms with Crippen molar-refractivity contribution in [3.8, 4) is 0 Å². The lowest BCUT2D eigenvalue weighted by Crippen LogP contribution is -2.55. The minimum Gasteiger partial charge on any atom is -0.468 e. The van der Waals surface area contributed by atoms with Gasteiger partial charge in [-0.05, 0) is 33.6 Å². The minimum atomic E-state index is -0.721. The topological polar surface area (TPSA) is 91.1 Å². The fraction of sp³-hybridized carbons (Fsp3) is 0.867. The Hall–Kier alpha value is -1.34. The van der Waals surface area contributed by atoms with Gasteiger partial charge in [-0.25, -0.2) is 4.79 Å². The molecule has 2 rings (SSSR count). The number of rotatable bonds is 3. The maximum atomic E-state index is 12.2. The SMILES string of the molecule is COC(=O)C(N)C1(C2CN(C(=O)OC(C)(C)C)CCO2)CC1. The third-order valence-electron chi connectivity index (χ3n) is 4.26. The normalized spacial score (nSPS) is 25.3. The number of hydrogen-bond acceptors (Lipinski definition) is 6. The summed E-state index contributed by atoms with van der Waals surface area (Å²) in [6, 6.07) is -0.721. The number of carbonyl (C=O) groups is 2. The summed E-state index contributed by atoms with van der Waals surface area (Å²) in [7, 11) is 1.33. The molecule has 2 atom stereocenters. The number of nitrogens with two attached hydrogens (primary N) is 1. The summed E-state index contributed by atoms with van der Waals surface area (Å²) in [4.78, 5) is 25.6. The molecule has 0 aromatic carbocycles. The highest BCUT2D eigenvalue weighted by Crippen LogP contribution is 2.53. The molecule has 7 heteroatoms. The number of esters is 1. The quantitative estimate of drug-likeness (QED) is 0.778. The van der Waals surface area contributed by atoms with Crippen LogP contribution in [0.15, 0.2) is 0 Å². The van der Waals surface area contributed by atoms with E-state index in [-0.39, 0.29) is 12.2 Å². The summed E-state index contributed by atoms with van der Waals surface area (Å²) >= 11 is 0. The van der Waals surface area contributed by atoms with Gasteiger partial charge in [0.2, 0.25) is 0 Å². The lowest BCUT2D eigenvalue weighted by atomic mass is 9.89. The fourth-order valence-electron chi connectivity index (χ4n) is 2.83. The number of amides is 1. The van der Waals surface area contributed by atoms with Crippen LogP contribution in [-0.2, 0) is 19.0 Å². The summed E-state index contributed by atoms with van der Waals surface area (Å²) in [5.41, 5.74) is 5.07. The Balaban J connectivity index is 2.02. The number of ether oxygens (including phenoxy) is 3. The molecule has 2 aliphatic rings. The zero-order chi connectivity index (χ0) is 16.5. The van der Waals surface area contributed by atoms with Gasteiger partial charge in [0, 0.05) is 12.0 Å². The molecule has 7 nitrogen and oxygen atoms in total. The van der Waals surface area contributed by atoms with Crippen LogP contribution in [0.3, 0.4) is 0 Å². The first-order chi connectivity index (χ1) is 10.2. The Kier molecular flexibility index (Phi) is 4.67. The Morgan fingerprint density at radius 3 is 2.50 bits per heavy atom. The van der Waals surface area contributed by atoms with Gasteiger partial charge >= 0.3 is 12.1 Å². The summed E-state index contributed by atoms with van der Waals surface area (Å²) < 4.78 is 15.9. The van der Waals surface area contributed by atoms with E-state index in [0.717, 1.165) is 12.8 Å². The molecule has 2 fully saturated rings. The molecule has 22 heavy (non-hydrogen) atoms. The van der Waals surface area contributed by atoms with Crippen LogP contribution < -0.4 is 5.73 Å². The Bertz CT molecular complexity index is 442. The summed E-state index contributed by atoms with van der Waals surface area (Å²) in [6.45, 7) is 6.78. The maximum Gasteiger partial charge on any atom is 0.410 e. The smallest absolute Gasteiger partial charge is 0.410 e. The number of nitrogens with zero attached hydrogens (tertiary/aromatic N) is 1. The molecule has 0 radical (unpaired) electrons. The second-order valence-corrected chi connectivity index (χ2v) is 7.02. The lowest BCUT2D eigenvalue weighted by Gasteiger charge is -2.39. The second-order valence-electron chi connectivity index (χ2n) is 7.02.